The molecule has 3 rings (SSSR count). The van der Waals surface area contributed by atoms with E-state index in [1.54, 1.807) is 0 Å². The fourth-order valence-corrected chi connectivity index (χ4v) is 2.39. The molecule has 0 fully saturated rings. The molecule has 0 radical (unpaired) electrons. The van der Waals surface area contributed by atoms with E-state index in [1.807, 2.05) is 30.1 Å². The van der Waals surface area contributed by atoms with Crippen LogP contribution in [0.5, 0.6) is 0 Å². The third kappa shape index (κ3) is 2.58. The topological polar surface area (TPSA) is 47.7 Å². The Morgan fingerprint density at radius 3 is 2.80 bits per heavy atom. The highest BCUT2D eigenvalue weighted by molar-refractivity contribution is 5.75. The molecule has 0 spiro atoms. The lowest BCUT2D eigenvalue weighted by molar-refractivity contribution is 0.642. The average Bonchev–Trinajstić information content (AvgIpc) is 3.00. The Morgan fingerprint density at radius 1 is 1.20 bits per heavy atom. The maximum atomic E-state index is 4.64. The summed E-state index contributed by atoms with van der Waals surface area (Å²) in [6.07, 6.45) is 4.95. The summed E-state index contributed by atoms with van der Waals surface area (Å²) in [7, 11) is 4.00. The quantitative estimate of drug-likeness (QED) is 0.716. The molecule has 0 aliphatic heterocycles. The first-order valence-electron chi connectivity index (χ1n) is 6.82. The van der Waals surface area contributed by atoms with Crippen LogP contribution in [0.3, 0.4) is 0 Å². The van der Waals surface area contributed by atoms with Crippen molar-refractivity contribution in [3.63, 3.8) is 0 Å². The van der Waals surface area contributed by atoms with E-state index >= 15 is 0 Å². The molecule has 2 heterocycles. The Kier molecular flexibility index (Phi) is 3.52. The van der Waals surface area contributed by atoms with Crippen LogP contribution in [0.4, 0.5) is 0 Å². The van der Waals surface area contributed by atoms with Crippen LogP contribution in [-0.4, -0.2) is 25.9 Å². The first-order chi connectivity index (χ1) is 9.74. The van der Waals surface area contributed by atoms with E-state index < -0.39 is 0 Å². The Labute approximate surface area is 118 Å². The highest BCUT2D eigenvalue weighted by Crippen LogP contribution is 2.13. The molecule has 2 aromatic heterocycles. The van der Waals surface area contributed by atoms with E-state index in [0.717, 1.165) is 30.9 Å². The van der Waals surface area contributed by atoms with Crippen molar-refractivity contribution in [1.29, 1.82) is 0 Å². The lowest BCUT2D eigenvalue weighted by Crippen LogP contribution is -2.18. The first kappa shape index (κ1) is 12.9. The molecule has 0 bridgehead atoms. The van der Waals surface area contributed by atoms with Crippen LogP contribution in [0.2, 0.25) is 0 Å². The van der Waals surface area contributed by atoms with Crippen molar-refractivity contribution in [2.75, 3.05) is 6.54 Å². The van der Waals surface area contributed by atoms with E-state index in [-0.39, 0.29) is 0 Å². The molecule has 104 valence electrons. The monoisotopic (exact) mass is 269 g/mol. The van der Waals surface area contributed by atoms with Crippen LogP contribution < -0.4 is 5.32 Å². The molecule has 0 saturated heterocycles. The number of hydrogen-bond acceptors (Lipinski definition) is 3. The maximum Gasteiger partial charge on any atom is 0.123 e. The number of imidazole rings is 1. The summed E-state index contributed by atoms with van der Waals surface area (Å²) in [6.45, 7) is 1.71. The van der Waals surface area contributed by atoms with Crippen LogP contribution in [-0.2, 0) is 27.1 Å². The van der Waals surface area contributed by atoms with E-state index in [2.05, 4.69) is 45.3 Å². The van der Waals surface area contributed by atoms with Gasteiger partial charge in [-0.3, -0.25) is 4.68 Å². The van der Waals surface area contributed by atoms with Crippen LogP contribution in [0, 0.1) is 0 Å². The van der Waals surface area contributed by atoms with Crippen LogP contribution >= 0.6 is 0 Å². The van der Waals surface area contributed by atoms with Crippen molar-refractivity contribution in [2.45, 2.75) is 13.0 Å². The Morgan fingerprint density at radius 2 is 2.05 bits per heavy atom. The van der Waals surface area contributed by atoms with Gasteiger partial charge in [-0.1, -0.05) is 12.1 Å². The number of aryl methyl sites for hydroxylation is 2. The molecule has 0 amide bonds. The largest absolute Gasteiger partial charge is 0.330 e. The third-order valence-corrected chi connectivity index (χ3v) is 3.51. The lowest BCUT2D eigenvalue weighted by Gasteiger charge is -2.04. The second kappa shape index (κ2) is 5.46. The first-order valence-corrected chi connectivity index (χ1v) is 6.82. The summed E-state index contributed by atoms with van der Waals surface area (Å²) >= 11 is 0. The number of aromatic nitrogens is 4. The van der Waals surface area contributed by atoms with Gasteiger partial charge in [-0.15, -0.1) is 0 Å². The van der Waals surface area contributed by atoms with Gasteiger partial charge in [0.15, 0.2) is 0 Å². The number of fused-ring (bicyclic) bond motifs is 1. The standard InChI is InChI=1S/C15H19N5/c1-19-11-12(9-17-19)7-8-16-10-15-18-13-5-3-4-6-14(13)20(15)2/h3-6,9,11,16H,7-8,10H2,1-2H3. The Hall–Kier alpha value is -2.14. The predicted octanol–water partition coefficient (Wildman–Crippen LogP) is 1.64. The Balaban J connectivity index is 1.58. The SMILES string of the molecule is Cn1cc(CCNCc2nc3ccccc3n2C)cn1. The van der Waals surface area contributed by atoms with Gasteiger partial charge in [0.2, 0.25) is 0 Å². The molecule has 0 unspecified atom stereocenters. The minimum Gasteiger partial charge on any atom is -0.330 e. The van der Waals surface area contributed by atoms with Crippen molar-refractivity contribution < 1.29 is 0 Å². The fourth-order valence-electron chi connectivity index (χ4n) is 2.39. The zero-order chi connectivity index (χ0) is 13.9. The lowest BCUT2D eigenvalue weighted by atomic mass is 10.2. The molecule has 0 atom stereocenters. The molecule has 0 aliphatic carbocycles. The van der Waals surface area contributed by atoms with Gasteiger partial charge in [0.1, 0.15) is 5.82 Å². The van der Waals surface area contributed by atoms with E-state index in [0.29, 0.717) is 0 Å². The molecule has 3 aromatic rings. The van der Waals surface area contributed by atoms with Crippen molar-refractivity contribution in [3.05, 3.63) is 48.0 Å². The van der Waals surface area contributed by atoms with Crippen molar-refractivity contribution in [3.8, 4) is 0 Å². The van der Waals surface area contributed by atoms with Gasteiger partial charge in [-0.2, -0.15) is 5.10 Å². The summed E-state index contributed by atoms with van der Waals surface area (Å²) in [5.41, 5.74) is 3.49. The van der Waals surface area contributed by atoms with E-state index in [1.165, 1.54) is 11.1 Å². The van der Waals surface area contributed by atoms with Crippen LogP contribution in [0.15, 0.2) is 36.7 Å². The minimum absolute atomic E-state index is 0.783. The maximum absolute atomic E-state index is 4.64. The summed E-state index contributed by atoms with van der Waals surface area (Å²) in [6, 6.07) is 8.22. The van der Waals surface area contributed by atoms with Gasteiger partial charge in [-0.05, 0) is 30.7 Å². The molecule has 0 aliphatic rings. The third-order valence-electron chi connectivity index (χ3n) is 3.51. The molecule has 1 aromatic carbocycles. The van der Waals surface area contributed by atoms with Gasteiger partial charge >= 0.3 is 0 Å². The Bertz CT molecular complexity index is 710. The molecule has 5 nitrogen and oxygen atoms in total. The molecule has 5 heteroatoms. The van der Waals surface area contributed by atoms with Crippen molar-refractivity contribution >= 4 is 11.0 Å². The highest BCUT2D eigenvalue weighted by atomic mass is 15.2. The zero-order valence-electron chi connectivity index (χ0n) is 11.9. The normalized spacial score (nSPS) is 11.3. The fraction of sp³-hybridized carbons (Fsp3) is 0.333. The van der Waals surface area contributed by atoms with E-state index in [9.17, 15) is 0 Å². The second-order valence-corrected chi connectivity index (χ2v) is 5.02. The van der Waals surface area contributed by atoms with Crippen LogP contribution in [0.1, 0.15) is 11.4 Å². The van der Waals surface area contributed by atoms with Gasteiger partial charge in [0, 0.05) is 20.3 Å². The molecule has 0 saturated carbocycles. The van der Waals surface area contributed by atoms with Crippen LogP contribution in [0.25, 0.3) is 11.0 Å². The summed E-state index contributed by atoms with van der Waals surface area (Å²) in [5.74, 6) is 1.07. The molecule has 20 heavy (non-hydrogen) atoms. The van der Waals surface area contributed by atoms with Gasteiger partial charge in [0.05, 0.1) is 23.8 Å². The number of para-hydroxylation sites is 2. The van der Waals surface area contributed by atoms with Gasteiger partial charge in [-0.25, -0.2) is 4.98 Å². The van der Waals surface area contributed by atoms with Crippen molar-refractivity contribution in [2.24, 2.45) is 14.1 Å². The summed E-state index contributed by atoms with van der Waals surface area (Å²) in [5, 5.41) is 7.61. The van der Waals surface area contributed by atoms with Gasteiger partial charge in [0.25, 0.3) is 0 Å². The number of nitrogens with zero attached hydrogens (tertiary/aromatic N) is 4. The average molecular weight is 269 g/mol. The molecule has 1 N–H and O–H groups in total. The number of rotatable bonds is 5. The van der Waals surface area contributed by atoms with Crippen molar-refractivity contribution in [1.82, 2.24) is 24.6 Å². The van der Waals surface area contributed by atoms with E-state index in [4.69, 9.17) is 0 Å². The number of hydrogen-bond donors (Lipinski definition) is 1. The molecular formula is C15H19N5. The summed E-state index contributed by atoms with van der Waals surface area (Å²) < 4.78 is 3.98. The molecular weight excluding hydrogens is 250 g/mol. The smallest absolute Gasteiger partial charge is 0.123 e. The van der Waals surface area contributed by atoms with Gasteiger partial charge < -0.3 is 9.88 Å². The zero-order valence-corrected chi connectivity index (χ0v) is 11.9. The predicted molar refractivity (Wildman–Crippen MR) is 79.3 cm³/mol. The number of nitrogens with one attached hydrogen (secondary N) is 1. The number of benzene rings is 1. The summed E-state index contributed by atoms with van der Waals surface area (Å²) in [4.78, 5) is 4.64. The minimum atomic E-state index is 0.783. The second-order valence-electron chi connectivity index (χ2n) is 5.02. The highest BCUT2D eigenvalue weighted by Gasteiger charge is 2.06.